The number of aliphatic carboxylic acids is 1. The van der Waals surface area contributed by atoms with Crippen LogP contribution in [0.15, 0.2) is 18.2 Å². The SMILES string of the molecule is Cc1cc(C)cc(CN2CC[C@@]3(C[C@@H](N4CCCC4=O)CCO3)C2)c1.O=C(O)C(F)(F)F. The molecule has 178 valence electrons. The first-order valence-corrected chi connectivity index (χ1v) is 11.0. The molecule has 0 bridgehead atoms. The molecule has 0 aromatic heterocycles. The number of rotatable bonds is 3. The van der Waals surface area contributed by atoms with Gasteiger partial charge in [0.15, 0.2) is 0 Å². The van der Waals surface area contributed by atoms with Crippen molar-refractivity contribution < 1.29 is 32.6 Å². The van der Waals surface area contributed by atoms with E-state index in [9.17, 15) is 18.0 Å². The van der Waals surface area contributed by atoms with Crippen molar-refractivity contribution in [3.05, 3.63) is 34.9 Å². The van der Waals surface area contributed by atoms with Gasteiger partial charge in [0.2, 0.25) is 5.91 Å². The minimum absolute atomic E-state index is 0.0370. The van der Waals surface area contributed by atoms with Crippen molar-refractivity contribution in [2.75, 3.05) is 26.2 Å². The molecule has 1 amide bonds. The number of likely N-dealkylation sites (tertiary alicyclic amines) is 2. The number of benzene rings is 1. The molecule has 1 spiro atoms. The lowest BCUT2D eigenvalue weighted by Gasteiger charge is -2.41. The van der Waals surface area contributed by atoms with Crippen LogP contribution in [0.25, 0.3) is 0 Å². The van der Waals surface area contributed by atoms with Crippen LogP contribution in [0.4, 0.5) is 13.2 Å². The third-order valence-electron chi connectivity index (χ3n) is 6.34. The third-order valence-corrected chi connectivity index (χ3v) is 6.34. The van der Waals surface area contributed by atoms with Gasteiger partial charge in [-0.1, -0.05) is 29.3 Å². The number of aryl methyl sites for hydroxylation is 2. The molecule has 4 rings (SSSR count). The van der Waals surface area contributed by atoms with Crippen LogP contribution in [0.2, 0.25) is 0 Å². The van der Waals surface area contributed by atoms with Gasteiger partial charge in [0.25, 0.3) is 0 Å². The van der Waals surface area contributed by atoms with Gasteiger partial charge in [-0.15, -0.1) is 0 Å². The molecule has 6 nitrogen and oxygen atoms in total. The molecule has 2 atom stereocenters. The molecule has 0 unspecified atom stereocenters. The summed E-state index contributed by atoms with van der Waals surface area (Å²) in [6.45, 7) is 9.18. The van der Waals surface area contributed by atoms with E-state index < -0.39 is 12.1 Å². The minimum Gasteiger partial charge on any atom is -0.475 e. The Balaban J connectivity index is 0.000000360. The lowest BCUT2D eigenvalue weighted by molar-refractivity contribution is -0.192. The van der Waals surface area contributed by atoms with Crippen molar-refractivity contribution in [3.8, 4) is 0 Å². The zero-order valence-corrected chi connectivity index (χ0v) is 18.6. The van der Waals surface area contributed by atoms with E-state index in [4.69, 9.17) is 14.6 Å². The second kappa shape index (κ2) is 9.79. The van der Waals surface area contributed by atoms with Gasteiger partial charge < -0.3 is 14.7 Å². The maximum Gasteiger partial charge on any atom is 0.490 e. The Kier molecular flexibility index (Phi) is 7.50. The summed E-state index contributed by atoms with van der Waals surface area (Å²) in [7, 11) is 0. The van der Waals surface area contributed by atoms with Crippen molar-refractivity contribution in [1.29, 1.82) is 0 Å². The highest BCUT2D eigenvalue weighted by Crippen LogP contribution is 2.37. The number of amides is 1. The Morgan fingerprint density at radius 3 is 2.44 bits per heavy atom. The quantitative estimate of drug-likeness (QED) is 0.752. The maximum atomic E-state index is 12.1. The third kappa shape index (κ3) is 6.22. The van der Waals surface area contributed by atoms with E-state index in [0.717, 1.165) is 64.9 Å². The number of carbonyl (C=O) groups excluding carboxylic acids is 1. The number of ether oxygens (including phenoxy) is 1. The number of carboxylic acids is 1. The zero-order chi connectivity index (χ0) is 23.5. The number of halogens is 3. The number of hydrogen-bond donors (Lipinski definition) is 1. The Labute approximate surface area is 186 Å². The fraction of sp³-hybridized carbons (Fsp3) is 0.652. The second-order valence-corrected chi connectivity index (χ2v) is 9.13. The predicted molar refractivity (Wildman–Crippen MR) is 112 cm³/mol. The van der Waals surface area contributed by atoms with Crippen LogP contribution in [0.1, 0.15) is 48.8 Å². The van der Waals surface area contributed by atoms with Crippen molar-refractivity contribution in [2.45, 2.75) is 70.3 Å². The second-order valence-electron chi connectivity index (χ2n) is 9.13. The van der Waals surface area contributed by atoms with E-state index in [1.54, 1.807) is 0 Å². The van der Waals surface area contributed by atoms with Crippen molar-refractivity contribution in [1.82, 2.24) is 9.80 Å². The number of carbonyl (C=O) groups is 2. The largest absolute Gasteiger partial charge is 0.490 e. The highest BCUT2D eigenvalue weighted by atomic mass is 19.4. The van der Waals surface area contributed by atoms with Crippen LogP contribution in [0, 0.1) is 13.8 Å². The van der Waals surface area contributed by atoms with Crippen LogP contribution in [0.5, 0.6) is 0 Å². The molecule has 3 fully saturated rings. The number of carboxylic acid groups (broad SMARTS) is 1. The molecule has 0 aliphatic carbocycles. The molecule has 9 heteroatoms. The van der Waals surface area contributed by atoms with E-state index in [2.05, 4.69) is 41.8 Å². The Morgan fingerprint density at radius 2 is 1.88 bits per heavy atom. The van der Waals surface area contributed by atoms with E-state index in [0.29, 0.717) is 11.9 Å². The summed E-state index contributed by atoms with van der Waals surface area (Å²) in [5, 5.41) is 7.12. The van der Waals surface area contributed by atoms with E-state index in [1.165, 1.54) is 16.7 Å². The van der Waals surface area contributed by atoms with Gasteiger partial charge in [-0.25, -0.2) is 4.79 Å². The number of nitrogens with zero attached hydrogens (tertiary/aromatic N) is 2. The molecule has 32 heavy (non-hydrogen) atoms. The Morgan fingerprint density at radius 1 is 1.22 bits per heavy atom. The van der Waals surface area contributed by atoms with Crippen LogP contribution in [0.3, 0.4) is 0 Å². The summed E-state index contributed by atoms with van der Waals surface area (Å²) >= 11 is 0. The Bertz CT molecular complexity index is 825. The lowest BCUT2D eigenvalue weighted by Crippen LogP contribution is -2.50. The fourth-order valence-electron chi connectivity index (χ4n) is 5.09. The average Bonchev–Trinajstić information content (AvgIpc) is 3.27. The fourth-order valence-corrected chi connectivity index (χ4v) is 5.09. The van der Waals surface area contributed by atoms with Crippen LogP contribution >= 0.6 is 0 Å². The monoisotopic (exact) mass is 456 g/mol. The lowest BCUT2D eigenvalue weighted by atomic mass is 9.89. The molecule has 0 radical (unpaired) electrons. The molecule has 1 N–H and O–H groups in total. The van der Waals surface area contributed by atoms with Gasteiger partial charge in [-0.3, -0.25) is 9.69 Å². The minimum atomic E-state index is -5.08. The summed E-state index contributed by atoms with van der Waals surface area (Å²) < 4.78 is 38.0. The van der Waals surface area contributed by atoms with Gasteiger partial charge in [0.1, 0.15) is 0 Å². The van der Waals surface area contributed by atoms with Crippen molar-refractivity contribution >= 4 is 11.9 Å². The van der Waals surface area contributed by atoms with E-state index in [1.807, 2.05) is 0 Å². The zero-order valence-electron chi connectivity index (χ0n) is 18.6. The maximum absolute atomic E-state index is 12.1. The van der Waals surface area contributed by atoms with Crippen molar-refractivity contribution in [3.63, 3.8) is 0 Å². The Hall–Kier alpha value is -2.13. The molecule has 3 saturated heterocycles. The summed E-state index contributed by atoms with van der Waals surface area (Å²) in [5.74, 6) is -2.40. The molecule has 3 heterocycles. The smallest absolute Gasteiger partial charge is 0.475 e. The highest BCUT2D eigenvalue weighted by Gasteiger charge is 2.45. The van der Waals surface area contributed by atoms with Crippen LogP contribution in [-0.4, -0.2) is 70.8 Å². The summed E-state index contributed by atoms with van der Waals surface area (Å²) in [6.07, 6.45) is -0.200. The first-order valence-electron chi connectivity index (χ1n) is 11.0. The molecular weight excluding hydrogens is 425 g/mol. The molecule has 1 aromatic carbocycles. The average molecular weight is 457 g/mol. The molecule has 0 saturated carbocycles. The van der Waals surface area contributed by atoms with E-state index >= 15 is 0 Å². The van der Waals surface area contributed by atoms with Gasteiger partial charge in [-0.05, 0) is 45.1 Å². The summed E-state index contributed by atoms with van der Waals surface area (Å²) in [6, 6.07) is 7.22. The first kappa shape index (κ1) is 24.5. The summed E-state index contributed by atoms with van der Waals surface area (Å²) in [4.78, 5) is 25.7. The normalized spacial score (nSPS) is 26.3. The van der Waals surface area contributed by atoms with Crippen molar-refractivity contribution in [2.24, 2.45) is 0 Å². The van der Waals surface area contributed by atoms with Gasteiger partial charge in [0.05, 0.1) is 5.60 Å². The van der Waals surface area contributed by atoms with Crippen LogP contribution < -0.4 is 0 Å². The topological polar surface area (TPSA) is 70.1 Å². The highest BCUT2D eigenvalue weighted by molar-refractivity contribution is 5.78. The molecule has 3 aliphatic heterocycles. The number of hydrogen-bond acceptors (Lipinski definition) is 4. The predicted octanol–water partition coefficient (Wildman–Crippen LogP) is 3.68. The molecular formula is C23H31F3N2O4. The van der Waals surface area contributed by atoms with Gasteiger partial charge in [-0.2, -0.15) is 13.2 Å². The number of alkyl halides is 3. The van der Waals surface area contributed by atoms with Gasteiger partial charge in [0, 0.05) is 45.2 Å². The van der Waals surface area contributed by atoms with Gasteiger partial charge >= 0.3 is 12.1 Å². The summed E-state index contributed by atoms with van der Waals surface area (Å²) in [5.41, 5.74) is 4.04. The molecule has 1 aromatic rings. The first-order chi connectivity index (χ1) is 15.0. The molecule has 3 aliphatic rings. The standard InChI is InChI=1S/C21H30N2O2.C2HF3O2/c1-16-10-17(2)12-18(11-16)14-22-8-6-21(15-22)13-19(5-9-25-21)23-7-3-4-20(23)24;3-2(4,5)1(6)7/h10-12,19H,3-9,13-15H2,1-2H3;(H,6,7)/t19-,21+;/m0./s1. The van der Waals surface area contributed by atoms with Crippen LogP contribution in [-0.2, 0) is 20.9 Å². The van der Waals surface area contributed by atoms with E-state index in [-0.39, 0.29) is 5.60 Å².